The summed E-state index contributed by atoms with van der Waals surface area (Å²) in [6, 6.07) is 0. The summed E-state index contributed by atoms with van der Waals surface area (Å²) < 4.78 is 0. The predicted molar refractivity (Wildman–Crippen MR) is 151 cm³/mol. The van der Waals surface area contributed by atoms with Crippen molar-refractivity contribution in [2.45, 2.75) is 125 Å². The molecule has 6 heteroatoms. The van der Waals surface area contributed by atoms with E-state index in [2.05, 4.69) is 57.9 Å². The maximum Gasteiger partial charge on any atom is 0.331 e. The summed E-state index contributed by atoms with van der Waals surface area (Å²) in [6.45, 7) is 24.6. The minimum Gasteiger partial charge on any atom is -0.481 e. The molecule has 0 bridgehead atoms. The van der Waals surface area contributed by atoms with E-state index >= 15 is 0 Å². The van der Waals surface area contributed by atoms with E-state index in [0.29, 0.717) is 0 Å². The normalized spacial score (nSPS) is 10.4. The highest BCUT2D eigenvalue weighted by Crippen LogP contribution is 2.02. The summed E-state index contributed by atoms with van der Waals surface area (Å²) in [4.78, 5) is 24.9. The highest BCUT2D eigenvalue weighted by atomic mass is 16.4. The van der Waals surface area contributed by atoms with E-state index < -0.39 is 18.4 Å². The fourth-order valence-electron chi connectivity index (χ4n) is 3.22. The lowest BCUT2D eigenvalue weighted by Gasteiger charge is -2.21. The number of rotatable bonds is 21. The molecule has 0 radical (unpaired) electrons. The molecule has 0 aromatic carbocycles. The average molecular weight is 501 g/mol. The van der Waals surface area contributed by atoms with Crippen molar-refractivity contribution in [3.8, 4) is 0 Å². The molecule has 210 valence electrons. The Kier molecular flexibility index (Phi) is 33.4. The number of carbonyl (C=O) groups is 2. The van der Waals surface area contributed by atoms with Crippen LogP contribution in [0.15, 0.2) is 12.2 Å². The highest BCUT2D eigenvalue weighted by Gasteiger charge is 2.07. The summed E-state index contributed by atoms with van der Waals surface area (Å²) in [6.07, 6.45) is 15.7. The second kappa shape index (κ2) is 30.6. The van der Waals surface area contributed by atoms with Crippen molar-refractivity contribution in [1.82, 2.24) is 9.80 Å². The molecule has 6 nitrogen and oxygen atoms in total. The van der Waals surface area contributed by atoms with Crippen LogP contribution in [0.1, 0.15) is 125 Å². The largest absolute Gasteiger partial charge is 0.481 e. The summed E-state index contributed by atoms with van der Waals surface area (Å²) in [7, 11) is 0. The summed E-state index contributed by atoms with van der Waals surface area (Å²) in [5.41, 5.74) is -0.303. The van der Waals surface area contributed by atoms with Gasteiger partial charge in [0.25, 0.3) is 0 Å². The molecular weight excluding hydrogens is 440 g/mol. The van der Waals surface area contributed by atoms with Gasteiger partial charge < -0.3 is 20.0 Å². The Labute approximate surface area is 218 Å². The van der Waals surface area contributed by atoms with Crippen LogP contribution >= 0.6 is 0 Å². The number of carboxylic acid groups (broad SMARTS) is 2. The van der Waals surface area contributed by atoms with Gasteiger partial charge in [0.05, 0.1) is 6.42 Å². The van der Waals surface area contributed by atoms with Gasteiger partial charge in [-0.1, -0.05) is 86.6 Å². The van der Waals surface area contributed by atoms with Crippen molar-refractivity contribution < 1.29 is 19.8 Å². The van der Waals surface area contributed by atoms with Crippen LogP contribution in [0.3, 0.4) is 0 Å². The third-order valence-corrected chi connectivity index (χ3v) is 5.63. The number of hydrogen-bond acceptors (Lipinski definition) is 4. The Morgan fingerprint density at radius 3 is 0.886 bits per heavy atom. The Morgan fingerprint density at radius 2 is 0.771 bits per heavy atom. The van der Waals surface area contributed by atoms with Gasteiger partial charge in [-0.25, -0.2) is 4.79 Å². The van der Waals surface area contributed by atoms with Crippen LogP contribution in [0, 0.1) is 0 Å². The minimum atomic E-state index is -1.27. The van der Waals surface area contributed by atoms with Crippen molar-refractivity contribution >= 4 is 11.9 Å². The first-order valence-electron chi connectivity index (χ1n) is 14.3. The van der Waals surface area contributed by atoms with Crippen LogP contribution in [-0.4, -0.2) is 71.2 Å². The second-order valence-electron chi connectivity index (χ2n) is 9.28. The van der Waals surface area contributed by atoms with Crippen LogP contribution in [-0.2, 0) is 9.59 Å². The lowest BCUT2D eigenvalue weighted by Crippen LogP contribution is -2.27. The first-order valence-corrected chi connectivity index (χ1v) is 14.3. The molecule has 0 unspecified atom stereocenters. The SMILES string of the molecule is C=C(CC(=O)O)C(=O)O.CCCCN(CCCC)CCCC.CCCCN(CCCC)CCCC. The molecule has 0 saturated carbocycles. The van der Waals surface area contributed by atoms with E-state index in [1.807, 2.05) is 0 Å². The topological polar surface area (TPSA) is 81.1 Å². The van der Waals surface area contributed by atoms with Crippen molar-refractivity contribution in [2.75, 3.05) is 39.3 Å². The zero-order chi connectivity index (χ0) is 27.3. The van der Waals surface area contributed by atoms with Gasteiger partial charge in [-0.05, 0) is 77.8 Å². The predicted octanol–water partition coefficient (Wildman–Crippen LogP) is 7.48. The lowest BCUT2D eigenvalue weighted by molar-refractivity contribution is -0.139. The van der Waals surface area contributed by atoms with E-state index in [4.69, 9.17) is 10.2 Å². The van der Waals surface area contributed by atoms with Gasteiger partial charge >= 0.3 is 11.9 Å². The molecule has 0 aliphatic carbocycles. The molecule has 0 aromatic rings. The van der Waals surface area contributed by atoms with Gasteiger partial charge in [-0.15, -0.1) is 0 Å². The first kappa shape index (κ1) is 38.1. The number of carboxylic acids is 2. The fourth-order valence-corrected chi connectivity index (χ4v) is 3.22. The molecule has 0 fully saturated rings. The molecule has 0 atom stereocenters. The number of hydrogen-bond donors (Lipinski definition) is 2. The van der Waals surface area contributed by atoms with Crippen LogP contribution in [0.4, 0.5) is 0 Å². The number of aliphatic carboxylic acids is 2. The quantitative estimate of drug-likeness (QED) is 0.159. The van der Waals surface area contributed by atoms with Gasteiger partial charge in [-0.3, -0.25) is 4.79 Å². The molecule has 0 heterocycles. The Balaban J connectivity index is -0.000000448. The number of nitrogens with zero attached hydrogens (tertiary/aromatic N) is 2. The molecule has 0 amide bonds. The van der Waals surface area contributed by atoms with E-state index in [0.717, 1.165) is 0 Å². The van der Waals surface area contributed by atoms with Gasteiger partial charge in [-0.2, -0.15) is 0 Å². The zero-order valence-electron chi connectivity index (χ0n) is 24.2. The smallest absolute Gasteiger partial charge is 0.331 e. The molecule has 35 heavy (non-hydrogen) atoms. The van der Waals surface area contributed by atoms with Gasteiger partial charge in [0.15, 0.2) is 0 Å². The van der Waals surface area contributed by atoms with Crippen LogP contribution in [0.2, 0.25) is 0 Å². The fraction of sp³-hybridized carbons (Fsp3) is 0.862. The van der Waals surface area contributed by atoms with Crippen LogP contribution in [0.5, 0.6) is 0 Å². The second-order valence-corrected chi connectivity index (χ2v) is 9.28. The maximum absolute atomic E-state index is 9.87. The van der Waals surface area contributed by atoms with Gasteiger partial charge in [0.1, 0.15) is 0 Å². The third-order valence-electron chi connectivity index (χ3n) is 5.63. The van der Waals surface area contributed by atoms with Crippen molar-refractivity contribution in [3.05, 3.63) is 12.2 Å². The molecule has 2 N–H and O–H groups in total. The molecule has 0 aromatic heterocycles. The standard InChI is InChI=1S/2C12H27N.C5H6O4/c2*1-4-7-10-13(11-8-5-2)12-9-6-3;1-3(5(8)9)2-4(6)7/h2*4-12H2,1-3H3;1-2H2,(H,6,7)(H,8,9). The van der Waals surface area contributed by atoms with Gasteiger partial charge in [0, 0.05) is 5.57 Å². The molecule has 0 aliphatic heterocycles. The minimum absolute atomic E-state index is 0.303. The summed E-state index contributed by atoms with van der Waals surface area (Å²) >= 11 is 0. The Hall–Kier alpha value is -1.40. The number of unbranched alkanes of at least 4 members (excludes halogenated alkanes) is 6. The Bertz CT molecular complexity index is 421. The van der Waals surface area contributed by atoms with Crippen molar-refractivity contribution in [1.29, 1.82) is 0 Å². The lowest BCUT2D eigenvalue weighted by atomic mass is 10.2. The summed E-state index contributed by atoms with van der Waals surface area (Å²) in [5, 5.41) is 16.1. The zero-order valence-corrected chi connectivity index (χ0v) is 24.2. The van der Waals surface area contributed by atoms with Crippen molar-refractivity contribution in [2.24, 2.45) is 0 Å². The van der Waals surface area contributed by atoms with Gasteiger partial charge in [0.2, 0.25) is 0 Å². The molecule has 0 spiro atoms. The van der Waals surface area contributed by atoms with Crippen LogP contribution in [0.25, 0.3) is 0 Å². The molecule has 0 rings (SSSR count). The van der Waals surface area contributed by atoms with E-state index in [1.54, 1.807) is 0 Å². The van der Waals surface area contributed by atoms with E-state index in [-0.39, 0.29) is 5.57 Å². The van der Waals surface area contributed by atoms with Crippen LogP contribution < -0.4 is 0 Å². The molecular formula is C29H60N2O4. The Morgan fingerprint density at radius 1 is 0.543 bits per heavy atom. The third kappa shape index (κ3) is 32.6. The van der Waals surface area contributed by atoms with E-state index in [1.165, 1.54) is 116 Å². The average Bonchev–Trinajstić information content (AvgIpc) is 2.83. The highest BCUT2D eigenvalue weighted by molar-refractivity contribution is 5.91. The summed E-state index contributed by atoms with van der Waals surface area (Å²) in [5.74, 6) is -2.44. The first-order chi connectivity index (χ1) is 16.7. The molecule has 0 aliphatic rings. The monoisotopic (exact) mass is 500 g/mol. The molecule has 0 saturated heterocycles. The van der Waals surface area contributed by atoms with Crippen molar-refractivity contribution in [3.63, 3.8) is 0 Å². The van der Waals surface area contributed by atoms with E-state index in [9.17, 15) is 9.59 Å². The maximum atomic E-state index is 9.87.